The fraction of sp³-hybridized carbons (Fsp3) is 0.526. The van der Waals surface area contributed by atoms with E-state index in [4.69, 9.17) is 16.3 Å². The van der Waals surface area contributed by atoms with Crippen molar-refractivity contribution in [1.29, 1.82) is 0 Å². The average Bonchev–Trinajstić information content (AvgIpc) is 3.05. The summed E-state index contributed by atoms with van der Waals surface area (Å²) in [5.74, 6) is -2.64. The second kappa shape index (κ2) is 7.92. The van der Waals surface area contributed by atoms with Gasteiger partial charge in [0.05, 0.1) is 17.2 Å². The van der Waals surface area contributed by atoms with E-state index in [0.29, 0.717) is 48.5 Å². The third-order valence-electron chi connectivity index (χ3n) is 5.05. The first-order valence-electron chi connectivity index (χ1n) is 8.83. The maximum atomic E-state index is 13.4. The molecule has 2 aromatic rings. The van der Waals surface area contributed by atoms with Crippen LogP contribution in [0.3, 0.4) is 0 Å². The Hall–Kier alpha value is -1.66. The first-order valence-corrected chi connectivity index (χ1v) is 9.21. The third-order valence-corrected chi connectivity index (χ3v) is 5.37. The lowest BCUT2D eigenvalue weighted by Crippen LogP contribution is -2.39. The number of rotatable bonds is 6. The number of hydrogen-bond donors (Lipinski definition) is 1. The SMILES string of the molecule is COCCN(CC1CCC(F)(F)CC1)C(=O)c1c[nH]c2cccc(Cl)c12. The standard InChI is InChI=1S/C19H23ClF2N2O2/c1-26-10-9-24(12-13-5-7-19(21,22)8-6-13)18(25)14-11-23-16-4-2-3-15(20)17(14)16/h2-4,11,13,23H,5-10,12H2,1H3. The first kappa shape index (κ1) is 19.1. The van der Waals surface area contributed by atoms with Crippen LogP contribution in [0.4, 0.5) is 8.78 Å². The number of carbonyl (C=O) groups is 1. The first-order chi connectivity index (χ1) is 12.4. The van der Waals surface area contributed by atoms with Gasteiger partial charge in [-0.2, -0.15) is 0 Å². The molecule has 1 aromatic carbocycles. The third kappa shape index (κ3) is 4.18. The van der Waals surface area contributed by atoms with Gasteiger partial charge in [0, 0.05) is 50.1 Å². The molecular formula is C19H23ClF2N2O2. The van der Waals surface area contributed by atoms with Gasteiger partial charge >= 0.3 is 0 Å². The van der Waals surface area contributed by atoms with Crippen molar-refractivity contribution >= 4 is 28.4 Å². The minimum Gasteiger partial charge on any atom is -0.383 e. The zero-order valence-electron chi connectivity index (χ0n) is 14.7. The molecule has 7 heteroatoms. The lowest BCUT2D eigenvalue weighted by molar-refractivity contribution is -0.0483. The van der Waals surface area contributed by atoms with Gasteiger partial charge in [0.1, 0.15) is 0 Å². The predicted molar refractivity (Wildman–Crippen MR) is 98.0 cm³/mol. The van der Waals surface area contributed by atoms with Crippen LogP contribution < -0.4 is 0 Å². The number of aromatic nitrogens is 1. The summed E-state index contributed by atoms with van der Waals surface area (Å²) in [5.41, 5.74) is 1.30. The molecule has 1 saturated carbocycles. The molecule has 0 bridgehead atoms. The number of ether oxygens (including phenoxy) is 1. The summed E-state index contributed by atoms with van der Waals surface area (Å²) in [6, 6.07) is 5.43. The number of alkyl halides is 2. The fourth-order valence-electron chi connectivity index (χ4n) is 3.55. The van der Waals surface area contributed by atoms with Crippen LogP contribution in [0, 0.1) is 5.92 Å². The molecule has 0 radical (unpaired) electrons. The Morgan fingerprint density at radius 3 is 2.81 bits per heavy atom. The Morgan fingerprint density at radius 2 is 2.12 bits per heavy atom. The molecule has 0 saturated heterocycles. The Morgan fingerprint density at radius 1 is 1.38 bits per heavy atom. The van der Waals surface area contributed by atoms with Crippen molar-refractivity contribution in [3.8, 4) is 0 Å². The van der Waals surface area contributed by atoms with Crippen LogP contribution in [0.2, 0.25) is 5.02 Å². The lowest BCUT2D eigenvalue weighted by Gasteiger charge is -2.32. The van der Waals surface area contributed by atoms with Gasteiger partial charge in [0.2, 0.25) is 5.92 Å². The summed E-state index contributed by atoms with van der Waals surface area (Å²) >= 11 is 6.28. The number of benzene rings is 1. The highest BCUT2D eigenvalue weighted by Crippen LogP contribution is 2.36. The summed E-state index contributed by atoms with van der Waals surface area (Å²) < 4.78 is 31.9. The molecule has 0 spiro atoms. The summed E-state index contributed by atoms with van der Waals surface area (Å²) in [7, 11) is 1.58. The highest BCUT2D eigenvalue weighted by Gasteiger charge is 2.36. The Labute approximate surface area is 156 Å². The molecule has 1 N–H and O–H groups in total. The van der Waals surface area contributed by atoms with Crippen molar-refractivity contribution in [3.63, 3.8) is 0 Å². The van der Waals surface area contributed by atoms with E-state index >= 15 is 0 Å². The Balaban J connectivity index is 1.79. The zero-order chi connectivity index (χ0) is 18.7. The fourth-order valence-corrected chi connectivity index (χ4v) is 3.83. The van der Waals surface area contributed by atoms with Crippen LogP contribution >= 0.6 is 11.6 Å². The van der Waals surface area contributed by atoms with Crippen molar-refractivity contribution in [3.05, 3.63) is 35.0 Å². The van der Waals surface area contributed by atoms with Crippen LogP contribution in [0.1, 0.15) is 36.0 Å². The van der Waals surface area contributed by atoms with Gasteiger partial charge in [-0.3, -0.25) is 4.79 Å². The van der Waals surface area contributed by atoms with E-state index in [1.54, 1.807) is 24.3 Å². The monoisotopic (exact) mass is 384 g/mol. The second-order valence-corrected chi connectivity index (χ2v) is 7.32. The van der Waals surface area contributed by atoms with E-state index in [9.17, 15) is 13.6 Å². The molecule has 0 atom stereocenters. The number of aromatic amines is 1. The molecule has 26 heavy (non-hydrogen) atoms. The van der Waals surface area contributed by atoms with Gasteiger partial charge in [-0.1, -0.05) is 17.7 Å². The van der Waals surface area contributed by atoms with Gasteiger partial charge in [0.15, 0.2) is 0 Å². The molecule has 1 amide bonds. The molecule has 3 rings (SSSR count). The van der Waals surface area contributed by atoms with Crippen molar-refractivity contribution < 1.29 is 18.3 Å². The van der Waals surface area contributed by atoms with Gasteiger partial charge in [-0.25, -0.2) is 8.78 Å². The van der Waals surface area contributed by atoms with E-state index < -0.39 is 5.92 Å². The molecule has 1 aromatic heterocycles. The molecule has 1 aliphatic rings. The van der Waals surface area contributed by atoms with Gasteiger partial charge < -0.3 is 14.6 Å². The normalized spacial score (nSPS) is 17.5. The molecule has 1 aliphatic carbocycles. The summed E-state index contributed by atoms with van der Waals surface area (Å²) in [5, 5.41) is 1.20. The minimum atomic E-state index is -2.57. The van der Waals surface area contributed by atoms with Crippen molar-refractivity contribution in [2.24, 2.45) is 5.92 Å². The van der Waals surface area contributed by atoms with Crippen LogP contribution in [0.5, 0.6) is 0 Å². The molecule has 0 aliphatic heterocycles. The highest BCUT2D eigenvalue weighted by molar-refractivity contribution is 6.36. The molecule has 142 valence electrons. The number of H-pyrrole nitrogens is 1. The van der Waals surface area contributed by atoms with Gasteiger partial charge in [0.25, 0.3) is 5.91 Å². The van der Waals surface area contributed by atoms with Crippen LogP contribution in [-0.2, 0) is 4.74 Å². The number of methoxy groups -OCH3 is 1. The summed E-state index contributed by atoms with van der Waals surface area (Å²) in [6.45, 7) is 1.26. The molecule has 1 fully saturated rings. The molecule has 0 unspecified atom stereocenters. The number of halogens is 3. The van der Waals surface area contributed by atoms with Crippen molar-refractivity contribution in [1.82, 2.24) is 9.88 Å². The van der Waals surface area contributed by atoms with Gasteiger partial charge in [-0.15, -0.1) is 0 Å². The van der Waals surface area contributed by atoms with E-state index in [2.05, 4.69) is 4.98 Å². The minimum absolute atomic E-state index is 0.0797. The smallest absolute Gasteiger partial charge is 0.256 e. The molecule has 1 heterocycles. The Kier molecular flexibility index (Phi) is 5.82. The van der Waals surface area contributed by atoms with E-state index in [1.807, 2.05) is 12.1 Å². The van der Waals surface area contributed by atoms with E-state index in [0.717, 1.165) is 5.52 Å². The molecular weight excluding hydrogens is 362 g/mol. The van der Waals surface area contributed by atoms with Gasteiger partial charge in [-0.05, 0) is 30.9 Å². The van der Waals surface area contributed by atoms with Crippen molar-refractivity contribution in [2.45, 2.75) is 31.6 Å². The quantitative estimate of drug-likeness (QED) is 0.782. The number of amides is 1. The number of nitrogens with zero attached hydrogens (tertiary/aromatic N) is 1. The number of nitrogens with one attached hydrogen (secondary N) is 1. The lowest BCUT2D eigenvalue weighted by atomic mass is 9.86. The highest BCUT2D eigenvalue weighted by atomic mass is 35.5. The van der Waals surface area contributed by atoms with E-state index in [-0.39, 0.29) is 24.7 Å². The van der Waals surface area contributed by atoms with Crippen molar-refractivity contribution in [2.75, 3.05) is 26.8 Å². The van der Waals surface area contributed by atoms with Crippen LogP contribution in [-0.4, -0.2) is 48.5 Å². The maximum Gasteiger partial charge on any atom is 0.256 e. The summed E-state index contributed by atoms with van der Waals surface area (Å²) in [4.78, 5) is 17.9. The number of hydrogen-bond acceptors (Lipinski definition) is 2. The Bertz CT molecular complexity index is 768. The topological polar surface area (TPSA) is 45.3 Å². The average molecular weight is 385 g/mol. The maximum absolute atomic E-state index is 13.4. The number of fused-ring (bicyclic) bond motifs is 1. The van der Waals surface area contributed by atoms with E-state index in [1.165, 1.54) is 0 Å². The molecule has 4 nitrogen and oxygen atoms in total. The number of carbonyl (C=O) groups excluding carboxylic acids is 1. The van der Waals surface area contributed by atoms with Crippen LogP contribution in [0.15, 0.2) is 24.4 Å². The summed E-state index contributed by atoms with van der Waals surface area (Å²) in [6.07, 6.45) is 2.30. The van der Waals surface area contributed by atoms with Crippen LogP contribution in [0.25, 0.3) is 10.9 Å². The predicted octanol–water partition coefficient (Wildman–Crippen LogP) is 4.74. The second-order valence-electron chi connectivity index (χ2n) is 6.91. The largest absolute Gasteiger partial charge is 0.383 e. The zero-order valence-corrected chi connectivity index (χ0v) is 15.5.